The molecule has 0 aliphatic carbocycles. The molecule has 2 aliphatic heterocycles. The normalized spacial score (nSPS) is 23.6. The second-order valence-electron chi connectivity index (χ2n) is 8.13. The van der Waals surface area contributed by atoms with Crippen LogP contribution in [-0.4, -0.2) is 67.9 Å². The average Bonchev–Trinajstić information content (AvgIpc) is 3.45. The van der Waals surface area contributed by atoms with Crippen molar-refractivity contribution in [3.63, 3.8) is 0 Å². The monoisotopic (exact) mass is 460 g/mol. The minimum atomic E-state index is -0.972. The topological polar surface area (TPSA) is 116 Å². The van der Waals surface area contributed by atoms with Gasteiger partial charge in [-0.25, -0.2) is 24.1 Å². The minimum absolute atomic E-state index is 0.0421. The van der Waals surface area contributed by atoms with E-state index in [0.717, 1.165) is 18.0 Å². The molecule has 0 aromatic carbocycles. The molecule has 2 aliphatic rings. The first kappa shape index (κ1) is 20.9. The smallest absolute Gasteiger partial charge is 0.407 e. The van der Waals surface area contributed by atoms with Gasteiger partial charge in [-0.2, -0.15) is 0 Å². The molecule has 3 aromatic rings. The number of piperidine rings is 1. The highest BCUT2D eigenvalue weighted by atomic mass is 35.5. The zero-order chi connectivity index (χ0) is 22.2. The number of nitrogens with one attached hydrogen (secondary N) is 2. The molecule has 0 radical (unpaired) electrons. The predicted octanol–water partition coefficient (Wildman–Crippen LogP) is 3.77. The van der Waals surface area contributed by atoms with Crippen LogP contribution in [0.3, 0.4) is 0 Å². The Kier molecular flexibility index (Phi) is 5.56. The van der Waals surface area contributed by atoms with Crippen molar-refractivity contribution < 1.29 is 19.0 Å². The quantitative estimate of drug-likeness (QED) is 0.542. The van der Waals surface area contributed by atoms with Gasteiger partial charge in [0, 0.05) is 48.5 Å². The maximum absolute atomic E-state index is 14.7. The van der Waals surface area contributed by atoms with Gasteiger partial charge in [-0.05, 0) is 25.3 Å². The SMILES string of the molecule is O=C(O)N1CCCC(Nc2nc(-c3c[nH]c4ncc(Cl)cc34)ncc2F)C1C1CCOC1. The minimum Gasteiger partial charge on any atom is -0.465 e. The van der Waals surface area contributed by atoms with Crippen molar-refractivity contribution in [2.75, 3.05) is 25.1 Å². The highest BCUT2D eigenvalue weighted by Gasteiger charge is 2.41. The Hall–Kier alpha value is -2.98. The van der Waals surface area contributed by atoms with Crippen LogP contribution in [0.15, 0.2) is 24.7 Å². The number of halogens is 2. The van der Waals surface area contributed by atoms with Gasteiger partial charge in [0.2, 0.25) is 0 Å². The number of nitrogens with zero attached hydrogens (tertiary/aromatic N) is 4. The first-order chi connectivity index (χ1) is 15.5. The van der Waals surface area contributed by atoms with Gasteiger partial charge in [0.15, 0.2) is 17.5 Å². The van der Waals surface area contributed by atoms with Crippen LogP contribution in [0.4, 0.5) is 15.0 Å². The third-order valence-corrected chi connectivity index (χ3v) is 6.39. The Labute approximate surface area is 188 Å². The van der Waals surface area contributed by atoms with Crippen molar-refractivity contribution in [3.05, 3.63) is 35.5 Å². The highest BCUT2D eigenvalue weighted by molar-refractivity contribution is 6.31. The van der Waals surface area contributed by atoms with Gasteiger partial charge in [-0.3, -0.25) is 0 Å². The molecule has 1 amide bonds. The molecule has 168 valence electrons. The lowest BCUT2D eigenvalue weighted by atomic mass is 9.85. The van der Waals surface area contributed by atoms with Crippen LogP contribution in [-0.2, 0) is 4.74 Å². The van der Waals surface area contributed by atoms with E-state index in [2.05, 4.69) is 25.3 Å². The molecule has 2 fully saturated rings. The number of hydrogen-bond acceptors (Lipinski definition) is 6. The Morgan fingerprint density at radius 2 is 2.22 bits per heavy atom. The van der Waals surface area contributed by atoms with Gasteiger partial charge in [0.25, 0.3) is 0 Å². The highest BCUT2D eigenvalue weighted by Crippen LogP contribution is 2.32. The van der Waals surface area contributed by atoms with Crippen molar-refractivity contribution in [1.29, 1.82) is 0 Å². The molecular weight excluding hydrogens is 439 g/mol. The molecule has 2 saturated heterocycles. The van der Waals surface area contributed by atoms with Crippen molar-refractivity contribution in [3.8, 4) is 11.4 Å². The Morgan fingerprint density at radius 3 is 3.00 bits per heavy atom. The summed E-state index contributed by atoms with van der Waals surface area (Å²) in [6.45, 7) is 1.55. The molecule has 5 heterocycles. The van der Waals surface area contributed by atoms with E-state index in [-0.39, 0.29) is 23.8 Å². The number of carbonyl (C=O) groups is 1. The van der Waals surface area contributed by atoms with Crippen LogP contribution in [0.5, 0.6) is 0 Å². The van der Waals surface area contributed by atoms with Crippen LogP contribution in [0.25, 0.3) is 22.4 Å². The van der Waals surface area contributed by atoms with E-state index in [9.17, 15) is 14.3 Å². The van der Waals surface area contributed by atoms with E-state index in [1.54, 1.807) is 12.3 Å². The number of pyridine rings is 1. The van der Waals surface area contributed by atoms with Crippen molar-refractivity contribution in [1.82, 2.24) is 24.8 Å². The average molecular weight is 461 g/mol. The van der Waals surface area contributed by atoms with Crippen LogP contribution < -0.4 is 5.32 Å². The number of ether oxygens (including phenoxy) is 1. The molecule has 0 saturated carbocycles. The third kappa shape index (κ3) is 3.84. The Balaban J connectivity index is 1.48. The Morgan fingerprint density at radius 1 is 1.34 bits per heavy atom. The van der Waals surface area contributed by atoms with Gasteiger partial charge < -0.3 is 25.0 Å². The van der Waals surface area contributed by atoms with E-state index in [1.165, 1.54) is 11.1 Å². The second kappa shape index (κ2) is 8.51. The van der Waals surface area contributed by atoms with Crippen LogP contribution in [0.2, 0.25) is 5.02 Å². The maximum Gasteiger partial charge on any atom is 0.407 e. The standard InChI is InChI=1S/C21H22ClFN6O3/c22-12-6-13-14(8-25-18(13)24-7-12)19-26-9-15(23)20(28-19)27-16-2-1-4-29(21(30)31)17(16)11-3-5-32-10-11/h6-9,11,16-17H,1-5,10H2,(H,24,25)(H,30,31)(H,26,27,28). The molecule has 32 heavy (non-hydrogen) atoms. The molecular formula is C21H22ClFN6O3. The lowest BCUT2D eigenvalue weighted by Crippen LogP contribution is -2.57. The number of likely N-dealkylation sites (tertiary alicyclic amines) is 1. The van der Waals surface area contributed by atoms with Crippen LogP contribution >= 0.6 is 11.6 Å². The summed E-state index contributed by atoms with van der Waals surface area (Å²) in [6.07, 6.45) is 5.54. The molecule has 3 unspecified atom stereocenters. The van der Waals surface area contributed by atoms with E-state index in [0.29, 0.717) is 54.7 Å². The molecule has 5 rings (SSSR count). The van der Waals surface area contributed by atoms with Crippen molar-refractivity contribution in [2.24, 2.45) is 5.92 Å². The summed E-state index contributed by atoms with van der Waals surface area (Å²) in [5.41, 5.74) is 1.27. The maximum atomic E-state index is 14.7. The number of anilines is 1. The van der Waals surface area contributed by atoms with E-state index in [1.807, 2.05) is 0 Å². The molecule has 0 spiro atoms. The van der Waals surface area contributed by atoms with E-state index >= 15 is 0 Å². The van der Waals surface area contributed by atoms with Crippen molar-refractivity contribution in [2.45, 2.75) is 31.3 Å². The molecule has 3 aromatic heterocycles. The van der Waals surface area contributed by atoms with Gasteiger partial charge in [-0.1, -0.05) is 11.6 Å². The van der Waals surface area contributed by atoms with Crippen LogP contribution in [0, 0.1) is 11.7 Å². The number of aromatic nitrogens is 4. The number of rotatable bonds is 4. The fourth-order valence-corrected chi connectivity index (χ4v) is 4.90. The molecule has 11 heteroatoms. The summed E-state index contributed by atoms with van der Waals surface area (Å²) in [6, 6.07) is 1.14. The van der Waals surface area contributed by atoms with Crippen molar-refractivity contribution >= 4 is 34.5 Å². The first-order valence-electron chi connectivity index (χ1n) is 10.5. The molecule has 3 atom stereocenters. The Bertz CT molecular complexity index is 1150. The molecule has 0 bridgehead atoms. The predicted molar refractivity (Wildman–Crippen MR) is 116 cm³/mol. The fourth-order valence-electron chi connectivity index (χ4n) is 4.74. The van der Waals surface area contributed by atoms with Gasteiger partial charge in [0.1, 0.15) is 5.65 Å². The van der Waals surface area contributed by atoms with Gasteiger partial charge in [-0.15, -0.1) is 0 Å². The third-order valence-electron chi connectivity index (χ3n) is 6.18. The van der Waals surface area contributed by atoms with E-state index < -0.39 is 11.9 Å². The number of aromatic amines is 1. The van der Waals surface area contributed by atoms with Gasteiger partial charge >= 0.3 is 6.09 Å². The number of amides is 1. The summed E-state index contributed by atoms with van der Waals surface area (Å²) in [5.74, 6) is -0.190. The summed E-state index contributed by atoms with van der Waals surface area (Å²) >= 11 is 6.09. The number of H-pyrrole nitrogens is 1. The summed E-state index contributed by atoms with van der Waals surface area (Å²) < 4.78 is 20.2. The fraction of sp³-hybridized carbons (Fsp3) is 0.429. The lowest BCUT2D eigenvalue weighted by Gasteiger charge is -2.43. The zero-order valence-corrected chi connectivity index (χ0v) is 17.8. The molecule has 3 N–H and O–H groups in total. The zero-order valence-electron chi connectivity index (χ0n) is 17.1. The summed E-state index contributed by atoms with van der Waals surface area (Å²) in [5, 5.41) is 14.1. The summed E-state index contributed by atoms with van der Waals surface area (Å²) in [7, 11) is 0. The molecule has 9 nitrogen and oxygen atoms in total. The number of hydrogen-bond donors (Lipinski definition) is 3. The second-order valence-corrected chi connectivity index (χ2v) is 8.56. The van der Waals surface area contributed by atoms with Gasteiger partial charge in [0.05, 0.1) is 23.9 Å². The number of carboxylic acid groups (broad SMARTS) is 1. The number of fused-ring (bicyclic) bond motifs is 1. The van der Waals surface area contributed by atoms with E-state index in [4.69, 9.17) is 16.3 Å². The lowest BCUT2D eigenvalue weighted by molar-refractivity contribution is 0.0695. The van der Waals surface area contributed by atoms with Crippen LogP contribution in [0.1, 0.15) is 19.3 Å². The largest absolute Gasteiger partial charge is 0.465 e. The first-order valence-corrected chi connectivity index (χ1v) is 10.9. The summed E-state index contributed by atoms with van der Waals surface area (Å²) in [4.78, 5) is 29.2.